The SMILES string of the molecule is O=C(CSc1ccc(S(=O)(=O)N2CCCCCC2)cn1)N1CCc2sccc2C1. The van der Waals surface area contributed by atoms with Crippen LogP contribution in [-0.4, -0.2) is 53.9 Å². The molecular formula is C20H25N3O3S3. The molecule has 2 aromatic rings. The normalized spacial score (nSPS) is 18.3. The highest BCUT2D eigenvalue weighted by Gasteiger charge is 2.26. The minimum atomic E-state index is -3.49. The molecule has 0 spiro atoms. The van der Waals surface area contributed by atoms with Crippen molar-refractivity contribution < 1.29 is 13.2 Å². The van der Waals surface area contributed by atoms with Gasteiger partial charge in [-0.2, -0.15) is 4.31 Å². The Morgan fingerprint density at radius 1 is 1.10 bits per heavy atom. The maximum absolute atomic E-state index is 12.8. The summed E-state index contributed by atoms with van der Waals surface area (Å²) in [6, 6.07) is 5.41. The van der Waals surface area contributed by atoms with Crippen LogP contribution in [0, 0.1) is 0 Å². The van der Waals surface area contributed by atoms with Crippen LogP contribution in [0.5, 0.6) is 0 Å². The zero-order valence-electron chi connectivity index (χ0n) is 16.2. The lowest BCUT2D eigenvalue weighted by molar-refractivity contribution is -0.129. The topological polar surface area (TPSA) is 70.6 Å². The van der Waals surface area contributed by atoms with Crippen molar-refractivity contribution in [3.63, 3.8) is 0 Å². The van der Waals surface area contributed by atoms with E-state index in [0.717, 1.165) is 38.6 Å². The number of nitrogens with zero attached hydrogens (tertiary/aromatic N) is 3. The molecule has 6 nitrogen and oxygen atoms in total. The maximum atomic E-state index is 12.8. The molecule has 0 N–H and O–H groups in total. The van der Waals surface area contributed by atoms with E-state index in [4.69, 9.17) is 0 Å². The Morgan fingerprint density at radius 2 is 1.90 bits per heavy atom. The maximum Gasteiger partial charge on any atom is 0.244 e. The number of pyridine rings is 1. The second-order valence-electron chi connectivity index (χ2n) is 7.37. The van der Waals surface area contributed by atoms with E-state index < -0.39 is 10.0 Å². The van der Waals surface area contributed by atoms with Crippen molar-refractivity contribution in [2.45, 2.75) is 48.6 Å². The first kappa shape index (κ1) is 20.8. The van der Waals surface area contributed by atoms with Gasteiger partial charge in [-0.3, -0.25) is 4.79 Å². The van der Waals surface area contributed by atoms with E-state index in [1.165, 1.54) is 28.4 Å². The third kappa shape index (κ3) is 4.84. The highest BCUT2D eigenvalue weighted by molar-refractivity contribution is 7.99. The van der Waals surface area contributed by atoms with E-state index in [9.17, 15) is 13.2 Å². The van der Waals surface area contributed by atoms with Crippen LogP contribution in [0.2, 0.25) is 0 Å². The van der Waals surface area contributed by atoms with Crippen LogP contribution in [0.3, 0.4) is 0 Å². The van der Waals surface area contributed by atoms with E-state index in [1.54, 1.807) is 27.8 Å². The van der Waals surface area contributed by atoms with Crippen LogP contribution in [0.1, 0.15) is 36.1 Å². The average molecular weight is 452 g/mol. The zero-order chi connectivity index (χ0) is 20.3. The molecule has 0 saturated carbocycles. The van der Waals surface area contributed by atoms with Gasteiger partial charge in [0, 0.05) is 37.3 Å². The first-order valence-electron chi connectivity index (χ1n) is 9.96. The van der Waals surface area contributed by atoms with Crippen LogP contribution in [-0.2, 0) is 27.8 Å². The zero-order valence-corrected chi connectivity index (χ0v) is 18.7. The van der Waals surface area contributed by atoms with E-state index in [1.807, 2.05) is 4.90 Å². The quantitative estimate of drug-likeness (QED) is 0.652. The van der Waals surface area contributed by atoms with Crippen molar-refractivity contribution >= 4 is 39.0 Å². The fourth-order valence-electron chi connectivity index (χ4n) is 3.72. The summed E-state index contributed by atoms with van der Waals surface area (Å²) in [5.74, 6) is 0.403. The molecule has 0 radical (unpaired) electrons. The highest BCUT2D eigenvalue weighted by Crippen LogP contribution is 2.26. The number of thioether (sulfide) groups is 1. The molecule has 1 amide bonds. The number of thiophene rings is 1. The van der Waals surface area contributed by atoms with Crippen LogP contribution < -0.4 is 0 Å². The Labute approximate surface area is 180 Å². The number of carbonyl (C=O) groups is 1. The summed E-state index contributed by atoms with van der Waals surface area (Å²) in [6.07, 6.45) is 6.33. The van der Waals surface area contributed by atoms with Crippen molar-refractivity contribution in [2.24, 2.45) is 0 Å². The van der Waals surface area contributed by atoms with Crippen LogP contribution in [0.15, 0.2) is 39.7 Å². The molecular weight excluding hydrogens is 426 g/mol. The fraction of sp³-hybridized carbons (Fsp3) is 0.500. The predicted molar refractivity (Wildman–Crippen MR) is 116 cm³/mol. The second kappa shape index (κ2) is 9.16. The van der Waals surface area contributed by atoms with Gasteiger partial charge in [-0.05, 0) is 48.4 Å². The van der Waals surface area contributed by atoms with Gasteiger partial charge in [0.2, 0.25) is 15.9 Å². The van der Waals surface area contributed by atoms with Gasteiger partial charge in [0.1, 0.15) is 4.90 Å². The van der Waals surface area contributed by atoms with Crippen LogP contribution in [0.25, 0.3) is 0 Å². The lowest BCUT2D eigenvalue weighted by atomic mass is 10.1. The Kier molecular flexibility index (Phi) is 6.58. The van der Waals surface area contributed by atoms with Crippen molar-refractivity contribution in [1.82, 2.24) is 14.2 Å². The molecule has 2 aliphatic rings. The molecule has 4 heterocycles. The van der Waals surface area contributed by atoms with Gasteiger partial charge in [0.05, 0.1) is 10.8 Å². The van der Waals surface area contributed by atoms with Gasteiger partial charge >= 0.3 is 0 Å². The number of hydrogen-bond acceptors (Lipinski definition) is 6. The molecule has 156 valence electrons. The van der Waals surface area contributed by atoms with E-state index in [2.05, 4.69) is 16.4 Å². The lowest BCUT2D eigenvalue weighted by Crippen LogP contribution is -2.36. The van der Waals surface area contributed by atoms with Gasteiger partial charge in [0.15, 0.2) is 0 Å². The van der Waals surface area contributed by atoms with Gasteiger partial charge in [-0.1, -0.05) is 24.6 Å². The minimum absolute atomic E-state index is 0.0925. The lowest BCUT2D eigenvalue weighted by Gasteiger charge is -2.26. The summed E-state index contributed by atoms with van der Waals surface area (Å²) in [5.41, 5.74) is 1.25. The van der Waals surface area contributed by atoms with Gasteiger partial charge in [0.25, 0.3) is 0 Å². The summed E-state index contributed by atoms with van der Waals surface area (Å²) < 4.78 is 27.2. The average Bonchev–Trinajstić information content (AvgIpc) is 3.03. The van der Waals surface area contributed by atoms with Crippen molar-refractivity contribution in [3.05, 3.63) is 40.2 Å². The van der Waals surface area contributed by atoms with E-state index in [-0.39, 0.29) is 10.8 Å². The number of fused-ring (bicyclic) bond motifs is 1. The highest BCUT2D eigenvalue weighted by atomic mass is 32.2. The first-order chi connectivity index (χ1) is 14.0. The molecule has 0 bridgehead atoms. The Balaban J connectivity index is 1.34. The van der Waals surface area contributed by atoms with E-state index >= 15 is 0 Å². The number of rotatable bonds is 5. The molecule has 0 aromatic carbocycles. The number of sulfonamides is 1. The summed E-state index contributed by atoms with van der Waals surface area (Å²) in [6.45, 7) is 2.59. The van der Waals surface area contributed by atoms with Gasteiger partial charge in [-0.15, -0.1) is 11.3 Å². The molecule has 1 saturated heterocycles. The monoisotopic (exact) mass is 451 g/mol. The molecule has 2 aliphatic heterocycles. The molecule has 4 rings (SSSR count). The third-order valence-electron chi connectivity index (χ3n) is 5.42. The smallest absolute Gasteiger partial charge is 0.244 e. The number of hydrogen-bond donors (Lipinski definition) is 0. The Hall–Kier alpha value is -1.42. The van der Waals surface area contributed by atoms with Crippen molar-refractivity contribution in [1.29, 1.82) is 0 Å². The second-order valence-corrected chi connectivity index (χ2v) is 11.3. The Bertz CT molecular complexity index is 949. The molecule has 0 unspecified atom stereocenters. The largest absolute Gasteiger partial charge is 0.337 e. The standard InChI is InChI=1S/C20H25N3O3S3/c24-20(22-11-7-18-16(14-22)8-12-27-18)15-28-19-6-5-17(13-21-19)29(25,26)23-9-3-1-2-4-10-23/h5-6,8,12-13H,1-4,7,9-11,14-15H2. The molecule has 29 heavy (non-hydrogen) atoms. The summed E-state index contributed by atoms with van der Waals surface area (Å²) in [5, 5.41) is 2.75. The summed E-state index contributed by atoms with van der Waals surface area (Å²) in [4.78, 5) is 20.3. The minimum Gasteiger partial charge on any atom is -0.337 e. The number of aromatic nitrogens is 1. The molecule has 0 atom stereocenters. The molecule has 0 aliphatic carbocycles. The molecule has 2 aromatic heterocycles. The molecule has 9 heteroatoms. The predicted octanol–water partition coefficient (Wildman–Crippen LogP) is 3.38. The van der Waals surface area contributed by atoms with Crippen molar-refractivity contribution in [2.75, 3.05) is 25.4 Å². The van der Waals surface area contributed by atoms with Gasteiger partial charge < -0.3 is 4.90 Å². The fourth-order valence-corrected chi connectivity index (χ4v) is 6.82. The third-order valence-corrected chi connectivity index (χ3v) is 9.25. The van der Waals surface area contributed by atoms with Crippen LogP contribution >= 0.6 is 23.1 Å². The molecule has 1 fully saturated rings. The summed E-state index contributed by atoms with van der Waals surface area (Å²) in [7, 11) is -3.49. The number of amides is 1. The summed E-state index contributed by atoms with van der Waals surface area (Å²) >= 11 is 3.11. The number of carbonyl (C=O) groups excluding carboxylic acids is 1. The van der Waals surface area contributed by atoms with E-state index in [0.29, 0.717) is 30.4 Å². The van der Waals surface area contributed by atoms with Crippen molar-refractivity contribution in [3.8, 4) is 0 Å². The van der Waals surface area contributed by atoms with Gasteiger partial charge in [-0.25, -0.2) is 13.4 Å². The Morgan fingerprint density at radius 3 is 2.62 bits per heavy atom. The first-order valence-corrected chi connectivity index (χ1v) is 13.3. The van der Waals surface area contributed by atoms with Crippen LogP contribution in [0.4, 0.5) is 0 Å².